The van der Waals surface area contributed by atoms with Crippen molar-refractivity contribution in [2.24, 2.45) is 44.3 Å². The van der Waals surface area contributed by atoms with Gasteiger partial charge in [0, 0.05) is 16.2 Å². The van der Waals surface area contributed by atoms with E-state index < -0.39 is 91.1 Å². The lowest BCUT2D eigenvalue weighted by atomic mass is 9.35. The van der Waals surface area contributed by atoms with E-state index in [9.17, 15) is 46.0 Å². The number of ether oxygens (including phenoxy) is 4. The van der Waals surface area contributed by atoms with Crippen LogP contribution >= 0.6 is 0 Å². The van der Waals surface area contributed by atoms with Crippen LogP contribution in [-0.2, 0) is 18.9 Å². The fourth-order valence-electron chi connectivity index (χ4n) is 13.0. The molecule has 314 valence electrons. The SMILES string of the molecule is C[C@H]1O[C@@H](O[C@H]2CC[C@@]3(C)C(CC[C@]4(C)[C@@H]3C=CC3=C5CC(C)(C)CC[C@]5(CO)[C@H](O)C[C@]34C)[C@]2(C)CO)[C@H](O)[C@@H](O[C@H]2O[C@@H](CO)[C@H](O)[C@@H](O)[C@H]2O)[C@@H]1O. The van der Waals surface area contributed by atoms with Gasteiger partial charge in [0.2, 0.25) is 0 Å². The summed E-state index contributed by atoms with van der Waals surface area (Å²) >= 11 is 0. The van der Waals surface area contributed by atoms with Crippen LogP contribution in [0.5, 0.6) is 0 Å². The van der Waals surface area contributed by atoms with E-state index in [2.05, 4.69) is 46.8 Å². The van der Waals surface area contributed by atoms with Gasteiger partial charge >= 0.3 is 0 Å². The average Bonchev–Trinajstić information content (AvgIpc) is 3.13. The van der Waals surface area contributed by atoms with E-state index in [-0.39, 0.29) is 46.7 Å². The Bertz CT molecular complexity index is 1500. The van der Waals surface area contributed by atoms with E-state index >= 15 is 0 Å². The third kappa shape index (κ3) is 6.12. The Balaban J connectivity index is 1.15. The normalized spacial score (nSPS) is 54.9. The van der Waals surface area contributed by atoms with Crippen molar-refractivity contribution in [2.45, 2.75) is 173 Å². The number of rotatable bonds is 7. The molecule has 13 nitrogen and oxygen atoms in total. The number of fused-ring (bicyclic) bond motifs is 6. The Morgan fingerprint density at radius 1 is 0.745 bits per heavy atom. The minimum absolute atomic E-state index is 0.0212. The molecule has 3 saturated carbocycles. The molecule has 0 aromatic heterocycles. The minimum atomic E-state index is -1.73. The first kappa shape index (κ1) is 42.1. The zero-order valence-corrected chi connectivity index (χ0v) is 33.7. The van der Waals surface area contributed by atoms with E-state index in [0.29, 0.717) is 12.8 Å². The molecule has 1 unspecified atom stereocenters. The molecule has 0 bridgehead atoms. The average molecular weight is 781 g/mol. The van der Waals surface area contributed by atoms with E-state index in [1.807, 2.05) is 6.92 Å². The van der Waals surface area contributed by atoms with Gasteiger partial charge in [-0.25, -0.2) is 0 Å². The second-order valence-electron chi connectivity index (χ2n) is 20.3. The van der Waals surface area contributed by atoms with Crippen molar-refractivity contribution in [1.82, 2.24) is 0 Å². The van der Waals surface area contributed by atoms with E-state index in [4.69, 9.17) is 18.9 Å². The molecule has 55 heavy (non-hydrogen) atoms. The number of aliphatic hydroxyl groups excluding tert-OH is 9. The van der Waals surface area contributed by atoms with Gasteiger partial charge in [-0.2, -0.15) is 0 Å². The van der Waals surface area contributed by atoms with Gasteiger partial charge < -0.3 is 64.9 Å². The summed E-state index contributed by atoms with van der Waals surface area (Å²) in [7, 11) is 0. The zero-order valence-electron chi connectivity index (χ0n) is 33.7. The molecule has 2 saturated heterocycles. The number of aliphatic hydroxyl groups is 9. The van der Waals surface area contributed by atoms with Gasteiger partial charge in [0.05, 0.1) is 38.1 Å². The number of allylic oxidation sites excluding steroid dienone is 3. The van der Waals surface area contributed by atoms with Crippen LogP contribution in [0.15, 0.2) is 23.3 Å². The first-order valence-electron chi connectivity index (χ1n) is 20.6. The molecule has 7 rings (SSSR count). The van der Waals surface area contributed by atoms with Crippen LogP contribution in [0.25, 0.3) is 0 Å². The van der Waals surface area contributed by atoms with Gasteiger partial charge in [-0.3, -0.25) is 0 Å². The lowest BCUT2D eigenvalue weighted by molar-refractivity contribution is -0.367. The van der Waals surface area contributed by atoms with Gasteiger partial charge in [0.25, 0.3) is 0 Å². The van der Waals surface area contributed by atoms with Crippen LogP contribution in [-0.4, -0.2) is 139 Å². The highest BCUT2D eigenvalue weighted by Crippen LogP contribution is 2.74. The Hall–Kier alpha value is -1.04. The fraction of sp³-hybridized carbons (Fsp3) is 0.905. The molecular weight excluding hydrogens is 712 g/mol. The maximum atomic E-state index is 12.0. The second kappa shape index (κ2) is 14.3. The summed E-state index contributed by atoms with van der Waals surface area (Å²) in [5.41, 5.74) is 0.476. The summed E-state index contributed by atoms with van der Waals surface area (Å²) in [5.74, 6) is 0.154. The molecule has 2 aliphatic heterocycles. The Morgan fingerprint density at radius 2 is 1.44 bits per heavy atom. The third-order valence-corrected chi connectivity index (χ3v) is 16.8. The summed E-state index contributed by atoms with van der Waals surface area (Å²) in [6, 6.07) is 0. The fourth-order valence-corrected chi connectivity index (χ4v) is 13.0. The van der Waals surface area contributed by atoms with Crippen molar-refractivity contribution in [3.63, 3.8) is 0 Å². The Labute approximate surface area is 325 Å². The molecule has 13 heteroatoms. The summed E-state index contributed by atoms with van der Waals surface area (Å²) < 4.78 is 24.0. The quantitative estimate of drug-likeness (QED) is 0.168. The van der Waals surface area contributed by atoms with E-state index in [1.54, 1.807) is 6.92 Å². The number of hydrogen-bond acceptors (Lipinski definition) is 13. The highest BCUT2D eigenvalue weighted by Gasteiger charge is 2.69. The highest BCUT2D eigenvalue weighted by atomic mass is 16.7. The molecule has 0 spiro atoms. The second-order valence-corrected chi connectivity index (χ2v) is 20.3. The van der Waals surface area contributed by atoms with Crippen LogP contribution in [0, 0.1) is 44.3 Å². The summed E-state index contributed by atoms with van der Waals surface area (Å²) in [5, 5.41) is 97.6. The predicted octanol–water partition coefficient (Wildman–Crippen LogP) is 1.68. The molecule has 19 atom stereocenters. The van der Waals surface area contributed by atoms with Crippen molar-refractivity contribution in [1.29, 1.82) is 0 Å². The van der Waals surface area contributed by atoms with Crippen LogP contribution in [0.4, 0.5) is 0 Å². The minimum Gasteiger partial charge on any atom is -0.396 e. The first-order chi connectivity index (χ1) is 25.7. The molecule has 2 heterocycles. The Morgan fingerprint density at radius 3 is 2.09 bits per heavy atom. The highest BCUT2D eigenvalue weighted by molar-refractivity contribution is 5.47. The van der Waals surface area contributed by atoms with E-state index in [0.717, 1.165) is 38.5 Å². The topological polar surface area (TPSA) is 219 Å². The molecule has 0 aromatic carbocycles. The molecule has 5 fully saturated rings. The van der Waals surface area contributed by atoms with Gasteiger partial charge in [0.1, 0.15) is 42.7 Å². The van der Waals surface area contributed by atoms with Crippen LogP contribution < -0.4 is 0 Å². The molecule has 9 N–H and O–H groups in total. The van der Waals surface area contributed by atoms with Gasteiger partial charge in [-0.15, -0.1) is 0 Å². The first-order valence-corrected chi connectivity index (χ1v) is 20.6. The zero-order chi connectivity index (χ0) is 40.3. The monoisotopic (exact) mass is 780 g/mol. The number of hydrogen-bond donors (Lipinski definition) is 9. The van der Waals surface area contributed by atoms with E-state index in [1.165, 1.54) is 11.1 Å². The van der Waals surface area contributed by atoms with Crippen LogP contribution in [0.3, 0.4) is 0 Å². The van der Waals surface area contributed by atoms with Gasteiger partial charge in [-0.1, -0.05) is 59.3 Å². The van der Waals surface area contributed by atoms with Crippen molar-refractivity contribution in [3.8, 4) is 0 Å². The Kier molecular flexibility index (Phi) is 11.0. The molecule has 5 aliphatic carbocycles. The van der Waals surface area contributed by atoms with Crippen molar-refractivity contribution in [3.05, 3.63) is 23.3 Å². The van der Waals surface area contributed by atoms with Crippen molar-refractivity contribution in [2.75, 3.05) is 19.8 Å². The summed E-state index contributed by atoms with van der Waals surface area (Å²) in [4.78, 5) is 0. The maximum Gasteiger partial charge on any atom is 0.187 e. The molecular formula is C42H68O13. The largest absolute Gasteiger partial charge is 0.396 e. The molecule has 0 radical (unpaired) electrons. The summed E-state index contributed by atoms with van der Waals surface area (Å²) in [6.07, 6.45) is -4.63. The van der Waals surface area contributed by atoms with Gasteiger partial charge in [-0.05, 0) is 91.9 Å². The van der Waals surface area contributed by atoms with Crippen LogP contribution in [0.2, 0.25) is 0 Å². The smallest absolute Gasteiger partial charge is 0.187 e. The van der Waals surface area contributed by atoms with Crippen molar-refractivity contribution < 1.29 is 64.9 Å². The van der Waals surface area contributed by atoms with Crippen LogP contribution in [0.1, 0.15) is 99.8 Å². The third-order valence-electron chi connectivity index (χ3n) is 16.8. The standard InChI is InChI=1S/C42H68O13/c1-21-29(47)34(55-35-32(50)31(49)30(48)24(18-43)53-35)33(51)36(52-21)54-28-11-12-38(4)25(39(28,5)19-44)10-13-40(6)26(38)9-8-22-23-16-37(2,3)14-15-42(23,20-45)27(46)17-41(22,40)7/h8-9,21,24-36,43-51H,10-20H2,1-7H3/t21-,24+,25?,26-,27-,28+,29-,30+,31-,32-,33-,34+,35-,36+,38+,39+,40-,41-,42-/m1/s1. The molecule has 0 amide bonds. The molecule has 0 aromatic rings. The maximum absolute atomic E-state index is 12.0. The predicted molar refractivity (Wildman–Crippen MR) is 199 cm³/mol. The van der Waals surface area contributed by atoms with Gasteiger partial charge in [0.15, 0.2) is 12.6 Å². The molecule has 7 aliphatic rings. The summed E-state index contributed by atoms with van der Waals surface area (Å²) in [6.45, 7) is 14.4. The lowest BCUT2D eigenvalue weighted by Crippen LogP contribution is -2.67. The lowest BCUT2D eigenvalue weighted by Gasteiger charge is -2.70. The van der Waals surface area contributed by atoms with Crippen molar-refractivity contribution >= 4 is 0 Å².